The summed E-state index contributed by atoms with van der Waals surface area (Å²) < 4.78 is 5.34. The minimum atomic E-state index is -0.171. The van der Waals surface area contributed by atoms with Crippen LogP contribution in [-0.4, -0.2) is 30.0 Å². The van der Waals surface area contributed by atoms with Crippen LogP contribution in [0.1, 0.15) is 17.3 Å². The molecule has 6 heteroatoms. The molecule has 0 unspecified atom stereocenters. The number of methoxy groups -OCH3 is 1. The Morgan fingerprint density at radius 2 is 1.96 bits per heavy atom. The zero-order valence-electron chi connectivity index (χ0n) is 13.4. The topological polar surface area (TPSA) is 41.9 Å². The van der Waals surface area contributed by atoms with Crippen LogP contribution in [0.25, 0.3) is 0 Å². The average molecular weight is 361 g/mol. The van der Waals surface area contributed by atoms with E-state index in [1.807, 2.05) is 31.2 Å². The van der Waals surface area contributed by atoms with E-state index in [1.54, 1.807) is 48.0 Å². The molecule has 0 saturated heterocycles. The fourth-order valence-corrected chi connectivity index (χ4v) is 3.59. The molecule has 0 N–H and O–H groups in total. The molecule has 0 spiro atoms. The fraction of sp³-hybridized carbons (Fsp3) is 0.222. The number of amidine groups is 1. The number of rotatable bonds is 3. The van der Waals surface area contributed by atoms with Gasteiger partial charge in [-0.05, 0) is 43.3 Å². The third kappa shape index (κ3) is 3.42. The van der Waals surface area contributed by atoms with Crippen molar-refractivity contribution in [2.45, 2.75) is 13.0 Å². The van der Waals surface area contributed by atoms with Gasteiger partial charge in [0.15, 0.2) is 5.17 Å². The molecular weight excluding hydrogens is 344 g/mol. The highest BCUT2D eigenvalue weighted by molar-refractivity contribution is 8.14. The number of aliphatic imine (C=N–C) groups is 1. The van der Waals surface area contributed by atoms with Crippen LogP contribution >= 0.6 is 23.4 Å². The van der Waals surface area contributed by atoms with Crippen molar-refractivity contribution in [1.82, 2.24) is 0 Å². The van der Waals surface area contributed by atoms with Gasteiger partial charge < -0.3 is 4.74 Å². The van der Waals surface area contributed by atoms with Crippen LogP contribution in [0.2, 0.25) is 5.02 Å². The molecule has 2 aromatic carbocycles. The van der Waals surface area contributed by atoms with Gasteiger partial charge in [0.2, 0.25) is 0 Å². The van der Waals surface area contributed by atoms with Crippen molar-refractivity contribution in [2.24, 2.45) is 4.99 Å². The molecular formula is C18H17ClN2O2S. The molecule has 2 aromatic rings. The molecule has 1 amide bonds. The van der Waals surface area contributed by atoms with Crippen LogP contribution in [0, 0.1) is 0 Å². The van der Waals surface area contributed by atoms with Crippen molar-refractivity contribution in [2.75, 3.05) is 17.8 Å². The number of para-hydroxylation sites is 1. The summed E-state index contributed by atoms with van der Waals surface area (Å²) in [6.45, 7) is 2.04. The quantitative estimate of drug-likeness (QED) is 0.810. The number of hydrogen-bond donors (Lipinski definition) is 0. The van der Waals surface area contributed by atoms with Crippen molar-refractivity contribution in [3.63, 3.8) is 0 Å². The summed E-state index contributed by atoms with van der Waals surface area (Å²) in [5.41, 5.74) is 1.23. The fourth-order valence-electron chi connectivity index (χ4n) is 2.43. The first-order valence-corrected chi connectivity index (χ1v) is 8.90. The Morgan fingerprint density at radius 1 is 1.25 bits per heavy atom. The van der Waals surface area contributed by atoms with Crippen LogP contribution in [0.3, 0.4) is 0 Å². The van der Waals surface area contributed by atoms with Crippen molar-refractivity contribution >= 4 is 40.1 Å². The second-order valence-corrected chi connectivity index (χ2v) is 6.81. The number of anilines is 1. The van der Waals surface area contributed by atoms with E-state index in [0.29, 0.717) is 21.5 Å². The van der Waals surface area contributed by atoms with Crippen LogP contribution in [0.4, 0.5) is 5.69 Å². The molecule has 0 fully saturated rings. The SMILES string of the molecule is COc1ccccc1C(=O)N(C1=N[C@H](C)CS1)c1ccc(Cl)cc1. The summed E-state index contributed by atoms with van der Waals surface area (Å²) >= 11 is 7.56. The Bertz CT molecular complexity index is 777. The van der Waals surface area contributed by atoms with Crippen LogP contribution in [0.5, 0.6) is 5.75 Å². The van der Waals surface area contributed by atoms with Crippen LogP contribution < -0.4 is 9.64 Å². The average Bonchev–Trinajstić information content (AvgIpc) is 3.02. The molecule has 0 radical (unpaired) electrons. The highest BCUT2D eigenvalue weighted by atomic mass is 35.5. The number of carbonyl (C=O) groups is 1. The second-order valence-electron chi connectivity index (χ2n) is 5.39. The van der Waals surface area contributed by atoms with Gasteiger partial charge in [0, 0.05) is 10.8 Å². The van der Waals surface area contributed by atoms with E-state index in [4.69, 9.17) is 16.3 Å². The summed E-state index contributed by atoms with van der Waals surface area (Å²) in [5, 5.41) is 1.32. The van der Waals surface area contributed by atoms with Gasteiger partial charge in [-0.3, -0.25) is 14.7 Å². The monoisotopic (exact) mass is 360 g/mol. The minimum absolute atomic E-state index is 0.171. The molecule has 0 bridgehead atoms. The number of halogens is 1. The van der Waals surface area contributed by atoms with Crippen LogP contribution in [-0.2, 0) is 0 Å². The lowest BCUT2D eigenvalue weighted by molar-refractivity contribution is 0.1000. The molecule has 1 heterocycles. The molecule has 0 saturated carbocycles. The molecule has 124 valence electrons. The van der Waals surface area contributed by atoms with Crippen molar-refractivity contribution in [3.05, 3.63) is 59.1 Å². The number of carbonyl (C=O) groups excluding carboxylic acids is 1. The molecule has 1 aliphatic rings. The first-order valence-electron chi connectivity index (χ1n) is 7.54. The maximum atomic E-state index is 13.2. The number of ether oxygens (including phenoxy) is 1. The maximum absolute atomic E-state index is 13.2. The third-order valence-corrected chi connectivity index (χ3v) is 5.05. The first-order chi connectivity index (χ1) is 11.6. The Balaban J connectivity index is 2.06. The highest BCUT2D eigenvalue weighted by Gasteiger charge is 2.29. The van der Waals surface area contributed by atoms with Crippen molar-refractivity contribution in [3.8, 4) is 5.75 Å². The first kappa shape index (κ1) is 16.9. The molecule has 0 aromatic heterocycles. The van der Waals surface area contributed by atoms with Gasteiger partial charge in [0.25, 0.3) is 5.91 Å². The number of thioether (sulfide) groups is 1. The maximum Gasteiger partial charge on any atom is 0.268 e. The van der Waals surface area contributed by atoms with Crippen LogP contribution in [0.15, 0.2) is 53.5 Å². The van der Waals surface area contributed by atoms with E-state index >= 15 is 0 Å². The van der Waals surface area contributed by atoms with Gasteiger partial charge in [-0.15, -0.1) is 0 Å². The summed E-state index contributed by atoms with van der Waals surface area (Å²) in [6, 6.07) is 14.6. The molecule has 3 rings (SSSR count). The van der Waals surface area contributed by atoms with E-state index in [2.05, 4.69) is 4.99 Å². The van der Waals surface area contributed by atoms with E-state index in [0.717, 1.165) is 11.4 Å². The van der Waals surface area contributed by atoms with E-state index in [-0.39, 0.29) is 11.9 Å². The lowest BCUT2D eigenvalue weighted by Crippen LogP contribution is -2.35. The number of nitrogens with zero attached hydrogens (tertiary/aromatic N) is 2. The summed E-state index contributed by atoms with van der Waals surface area (Å²) in [5.74, 6) is 1.23. The molecule has 1 atom stereocenters. The third-order valence-electron chi connectivity index (χ3n) is 3.60. The Kier molecular flexibility index (Phi) is 5.11. The smallest absolute Gasteiger partial charge is 0.268 e. The largest absolute Gasteiger partial charge is 0.496 e. The summed E-state index contributed by atoms with van der Waals surface area (Å²) in [6.07, 6.45) is 0. The normalized spacial score (nSPS) is 16.6. The van der Waals surface area contributed by atoms with Gasteiger partial charge >= 0.3 is 0 Å². The van der Waals surface area contributed by atoms with Gasteiger partial charge in [-0.1, -0.05) is 35.5 Å². The Hall–Kier alpha value is -1.98. The summed E-state index contributed by atoms with van der Waals surface area (Å²) in [4.78, 5) is 19.5. The second kappa shape index (κ2) is 7.28. The number of amides is 1. The van der Waals surface area contributed by atoms with E-state index in [9.17, 15) is 4.79 Å². The lowest BCUT2D eigenvalue weighted by atomic mass is 10.1. The zero-order chi connectivity index (χ0) is 17.1. The summed E-state index contributed by atoms with van der Waals surface area (Å²) in [7, 11) is 1.56. The predicted molar refractivity (Wildman–Crippen MR) is 101 cm³/mol. The number of hydrogen-bond acceptors (Lipinski definition) is 4. The minimum Gasteiger partial charge on any atom is -0.496 e. The Labute approximate surface area is 150 Å². The predicted octanol–water partition coefficient (Wildman–Crippen LogP) is 4.49. The lowest BCUT2D eigenvalue weighted by Gasteiger charge is -2.23. The molecule has 4 nitrogen and oxygen atoms in total. The standard InChI is InChI=1S/C18H17ClN2O2S/c1-12-11-24-18(20-12)21(14-9-7-13(19)8-10-14)17(22)15-5-3-4-6-16(15)23-2/h3-10,12H,11H2,1-2H3/t12-/m1/s1. The molecule has 1 aliphatic heterocycles. The van der Waals surface area contributed by atoms with Gasteiger partial charge in [0.05, 0.1) is 24.4 Å². The van der Waals surface area contributed by atoms with Gasteiger partial charge in [-0.2, -0.15) is 0 Å². The van der Waals surface area contributed by atoms with Crippen molar-refractivity contribution < 1.29 is 9.53 Å². The highest BCUT2D eigenvalue weighted by Crippen LogP contribution is 2.30. The zero-order valence-corrected chi connectivity index (χ0v) is 15.0. The number of benzene rings is 2. The van der Waals surface area contributed by atoms with Crippen molar-refractivity contribution in [1.29, 1.82) is 0 Å². The van der Waals surface area contributed by atoms with E-state index in [1.165, 1.54) is 0 Å². The van der Waals surface area contributed by atoms with Gasteiger partial charge in [0.1, 0.15) is 5.75 Å². The Morgan fingerprint density at radius 3 is 2.58 bits per heavy atom. The van der Waals surface area contributed by atoms with Gasteiger partial charge in [-0.25, -0.2) is 0 Å². The molecule has 24 heavy (non-hydrogen) atoms. The molecule has 0 aliphatic carbocycles. The van der Waals surface area contributed by atoms with E-state index < -0.39 is 0 Å².